The lowest BCUT2D eigenvalue weighted by Gasteiger charge is -2.28. The number of carbonyl (C=O) groups excluding carboxylic acids is 1. The Balaban J connectivity index is 2.11. The van der Waals surface area contributed by atoms with Crippen molar-refractivity contribution in [2.24, 2.45) is 11.8 Å². The molecule has 0 aromatic carbocycles. The fraction of sp³-hybridized carbons (Fsp3) is 0.727. The van der Waals surface area contributed by atoms with Crippen LogP contribution in [0.5, 0.6) is 0 Å². The maximum atomic E-state index is 12.1. The molecule has 2 rings (SSSR count). The summed E-state index contributed by atoms with van der Waals surface area (Å²) in [6.45, 7) is 2.18. The van der Waals surface area contributed by atoms with E-state index in [1.165, 1.54) is 30.8 Å². The fourth-order valence-corrected chi connectivity index (χ4v) is 2.95. The van der Waals surface area contributed by atoms with Gasteiger partial charge in [0.2, 0.25) is 0 Å². The first kappa shape index (κ1) is 10.7. The molecule has 4 heteroatoms. The molecule has 1 saturated carbocycles. The predicted molar refractivity (Wildman–Crippen MR) is 60.0 cm³/mol. The van der Waals surface area contributed by atoms with Gasteiger partial charge in [0.1, 0.15) is 5.69 Å². The van der Waals surface area contributed by atoms with Crippen LogP contribution in [0.3, 0.4) is 0 Å². The topological polar surface area (TPSA) is 42.9 Å². The number of hydrogen-bond donors (Lipinski definition) is 0. The van der Waals surface area contributed by atoms with Gasteiger partial charge in [-0.1, -0.05) is 30.7 Å². The van der Waals surface area contributed by atoms with Crippen LogP contribution in [0, 0.1) is 11.8 Å². The third kappa shape index (κ3) is 2.25. The first-order valence-electron chi connectivity index (χ1n) is 5.64. The molecule has 0 amide bonds. The van der Waals surface area contributed by atoms with Gasteiger partial charge in [-0.05, 0) is 30.3 Å². The summed E-state index contributed by atoms with van der Waals surface area (Å²) in [6, 6.07) is 0. The van der Waals surface area contributed by atoms with Crippen LogP contribution in [-0.2, 0) is 0 Å². The van der Waals surface area contributed by atoms with Crippen molar-refractivity contribution in [1.82, 2.24) is 9.59 Å². The van der Waals surface area contributed by atoms with Crippen molar-refractivity contribution in [3.63, 3.8) is 0 Å². The van der Waals surface area contributed by atoms with Crippen molar-refractivity contribution in [2.75, 3.05) is 0 Å². The van der Waals surface area contributed by atoms with E-state index >= 15 is 0 Å². The predicted octanol–water partition coefficient (Wildman–Crippen LogP) is 2.94. The second kappa shape index (κ2) is 4.84. The van der Waals surface area contributed by atoms with E-state index in [9.17, 15) is 4.79 Å². The molecular weight excluding hydrogens is 208 g/mol. The summed E-state index contributed by atoms with van der Waals surface area (Å²) in [5.41, 5.74) is 0.574. The molecule has 0 aliphatic heterocycles. The molecule has 15 heavy (non-hydrogen) atoms. The van der Waals surface area contributed by atoms with E-state index in [2.05, 4.69) is 16.5 Å². The standard InChI is InChI=1S/C11H16N2OS/c1-2-8-5-3-4-6-9(8)11(14)10-7-15-13-12-10/h7-9H,2-6H2,1H3. The van der Waals surface area contributed by atoms with Gasteiger partial charge in [-0.25, -0.2) is 0 Å². The van der Waals surface area contributed by atoms with Crippen molar-refractivity contribution in [3.05, 3.63) is 11.1 Å². The van der Waals surface area contributed by atoms with Crippen LogP contribution in [0.1, 0.15) is 49.5 Å². The van der Waals surface area contributed by atoms with Gasteiger partial charge in [0.25, 0.3) is 0 Å². The Hall–Kier alpha value is -0.770. The van der Waals surface area contributed by atoms with E-state index in [1.54, 1.807) is 5.38 Å². The van der Waals surface area contributed by atoms with Crippen LogP contribution < -0.4 is 0 Å². The average molecular weight is 224 g/mol. The second-order valence-corrected chi connectivity index (χ2v) is 4.82. The highest BCUT2D eigenvalue weighted by atomic mass is 32.1. The molecule has 0 radical (unpaired) electrons. The van der Waals surface area contributed by atoms with Gasteiger partial charge in [-0.15, -0.1) is 5.10 Å². The third-order valence-corrected chi connectivity index (χ3v) is 3.89. The number of ketones is 1. The average Bonchev–Trinajstić information content (AvgIpc) is 2.81. The molecule has 1 aliphatic carbocycles. The lowest BCUT2D eigenvalue weighted by Crippen LogP contribution is -2.27. The van der Waals surface area contributed by atoms with Crippen LogP contribution >= 0.6 is 11.5 Å². The van der Waals surface area contributed by atoms with Crippen LogP contribution in [0.15, 0.2) is 5.38 Å². The van der Waals surface area contributed by atoms with Crippen molar-refractivity contribution in [3.8, 4) is 0 Å². The molecule has 2 atom stereocenters. The van der Waals surface area contributed by atoms with Crippen LogP contribution in [0.4, 0.5) is 0 Å². The Bertz CT molecular complexity index is 323. The number of Topliss-reactive ketones (excluding diaryl/α,β-unsaturated/α-hetero) is 1. The molecule has 0 spiro atoms. The van der Waals surface area contributed by atoms with Gasteiger partial charge >= 0.3 is 0 Å². The van der Waals surface area contributed by atoms with E-state index in [0.29, 0.717) is 11.6 Å². The Labute approximate surface area is 94.1 Å². The normalized spacial score (nSPS) is 26.5. The zero-order chi connectivity index (χ0) is 10.7. The highest BCUT2D eigenvalue weighted by Gasteiger charge is 2.31. The van der Waals surface area contributed by atoms with Crippen molar-refractivity contribution < 1.29 is 4.79 Å². The number of hydrogen-bond acceptors (Lipinski definition) is 4. The molecule has 2 unspecified atom stereocenters. The van der Waals surface area contributed by atoms with Crippen LogP contribution in [0.2, 0.25) is 0 Å². The SMILES string of the molecule is CCC1CCCCC1C(=O)c1csnn1. The van der Waals surface area contributed by atoms with E-state index in [1.807, 2.05) is 0 Å². The Morgan fingerprint density at radius 1 is 1.53 bits per heavy atom. The molecule has 3 nitrogen and oxygen atoms in total. The van der Waals surface area contributed by atoms with Gasteiger partial charge in [0.15, 0.2) is 5.78 Å². The summed E-state index contributed by atoms with van der Waals surface area (Å²) in [5, 5.41) is 5.65. The van der Waals surface area contributed by atoms with E-state index in [0.717, 1.165) is 12.8 Å². The number of aromatic nitrogens is 2. The Morgan fingerprint density at radius 3 is 3.00 bits per heavy atom. The molecule has 0 N–H and O–H groups in total. The smallest absolute Gasteiger partial charge is 0.187 e. The zero-order valence-corrected chi connectivity index (χ0v) is 9.80. The van der Waals surface area contributed by atoms with Gasteiger partial charge in [0.05, 0.1) is 0 Å². The summed E-state index contributed by atoms with van der Waals surface area (Å²) in [6.07, 6.45) is 5.80. The van der Waals surface area contributed by atoms with Crippen molar-refractivity contribution in [2.45, 2.75) is 39.0 Å². The molecule has 1 aromatic heterocycles. The zero-order valence-electron chi connectivity index (χ0n) is 8.98. The number of carbonyl (C=O) groups is 1. The number of nitrogens with zero attached hydrogens (tertiary/aromatic N) is 2. The van der Waals surface area contributed by atoms with E-state index < -0.39 is 0 Å². The molecule has 0 saturated heterocycles. The molecule has 82 valence electrons. The highest BCUT2D eigenvalue weighted by molar-refractivity contribution is 7.03. The molecule has 0 bridgehead atoms. The van der Waals surface area contributed by atoms with Gasteiger partial charge < -0.3 is 0 Å². The third-order valence-electron chi connectivity index (χ3n) is 3.38. The minimum Gasteiger partial charge on any atom is -0.292 e. The van der Waals surface area contributed by atoms with E-state index in [4.69, 9.17) is 0 Å². The van der Waals surface area contributed by atoms with Gasteiger partial charge in [-0.3, -0.25) is 4.79 Å². The lowest BCUT2D eigenvalue weighted by molar-refractivity contribution is 0.0815. The van der Waals surface area contributed by atoms with E-state index in [-0.39, 0.29) is 11.7 Å². The van der Waals surface area contributed by atoms with Crippen molar-refractivity contribution in [1.29, 1.82) is 0 Å². The lowest BCUT2D eigenvalue weighted by atomic mass is 9.75. The van der Waals surface area contributed by atoms with Crippen LogP contribution in [-0.4, -0.2) is 15.4 Å². The maximum absolute atomic E-state index is 12.1. The molecule has 1 heterocycles. The summed E-state index contributed by atoms with van der Waals surface area (Å²) in [5.74, 6) is 0.982. The highest BCUT2D eigenvalue weighted by Crippen LogP contribution is 2.34. The first-order valence-corrected chi connectivity index (χ1v) is 6.48. The van der Waals surface area contributed by atoms with Gasteiger partial charge in [-0.2, -0.15) is 0 Å². The Morgan fingerprint density at radius 2 is 2.33 bits per heavy atom. The molecule has 1 fully saturated rings. The van der Waals surface area contributed by atoms with Crippen molar-refractivity contribution >= 4 is 17.3 Å². The monoisotopic (exact) mass is 224 g/mol. The molecule has 1 aromatic rings. The van der Waals surface area contributed by atoms with Crippen LogP contribution in [0.25, 0.3) is 0 Å². The summed E-state index contributed by atoms with van der Waals surface area (Å²) >= 11 is 1.26. The minimum absolute atomic E-state index is 0.202. The summed E-state index contributed by atoms with van der Waals surface area (Å²) < 4.78 is 3.76. The maximum Gasteiger partial charge on any atom is 0.187 e. The quantitative estimate of drug-likeness (QED) is 0.741. The van der Waals surface area contributed by atoms with Gasteiger partial charge in [0, 0.05) is 11.3 Å². The summed E-state index contributed by atoms with van der Waals surface area (Å²) in [7, 11) is 0. The molecule has 1 aliphatic rings. The summed E-state index contributed by atoms with van der Waals surface area (Å²) in [4.78, 5) is 12.1. The first-order chi connectivity index (χ1) is 7.33. The molecular formula is C11H16N2OS. The second-order valence-electron chi connectivity index (χ2n) is 4.21. The minimum atomic E-state index is 0.202. The Kier molecular flexibility index (Phi) is 3.46. The number of rotatable bonds is 3. The largest absolute Gasteiger partial charge is 0.292 e. The fourth-order valence-electron chi connectivity index (χ4n) is 2.50.